The second kappa shape index (κ2) is 6.36. The molecule has 19 heavy (non-hydrogen) atoms. The molecule has 2 amide bonds. The standard InChI is InChI=1S/C13H20N4O2/c1-10(18)15-6-5-11-4-2-3-7-17(11)13(19)12-8-14-9-16-12/h8-9,11H,2-7H2,1H3,(H,14,16)(H,15,18)/t11-/m0/s1. The molecule has 1 aliphatic heterocycles. The molecule has 1 fully saturated rings. The zero-order chi connectivity index (χ0) is 13.7. The van der Waals surface area contributed by atoms with Gasteiger partial charge in [-0.1, -0.05) is 0 Å². The Balaban J connectivity index is 1.95. The number of imidazole rings is 1. The molecule has 0 aliphatic carbocycles. The van der Waals surface area contributed by atoms with Crippen LogP contribution >= 0.6 is 0 Å². The van der Waals surface area contributed by atoms with Gasteiger partial charge in [0.1, 0.15) is 5.69 Å². The van der Waals surface area contributed by atoms with Crippen LogP contribution in [0.4, 0.5) is 0 Å². The highest BCUT2D eigenvalue weighted by Gasteiger charge is 2.27. The highest BCUT2D eigenvalue weighted by Crippen LogP contribution is 2.21. The van der Waals surface area contributed by atoms with Crippen molar-refractivity contribution in [3.63, 3.8) is 0 Å². The molecule has 104 valence electrons. The van der Waals surface area contributed by atoms with Crippen molar-refractivity contribution in [1.82, 2.24) is 20.2 Å². The van der Waals surface area contributed by atoms with Gasteiger partial charge in [-0.05, 0) is 25.7 Å². The average Bonchev–Trinajstić information content (AvgIpc) is 2.92. The number of nitrogens with zero attached hydrogens (tertiary/aromatic N) is 2. The highest BCUT2D eigenvalue weighted by atomic mass is 16.2. The number of aromatic nitrogens is 2. The zero-order valence-corrected chi connectivity index (χ0v) is 11.2. The zero-order valence-electron chi connectivity index (χ0n) is 11.2. The van der Waals surface area contributed by atoms with Crippen LogP contribution in [0.3, 0.4) is 0 Å². The molecule has 1 aromatic heterocycles. The van der Waals surface area contributed by atoms with Crippen LogP contribution in [0.25, 0.3) is 0 Å². The predicted molar refractivity (Wildman–Crippen MR) is 70.6 cm³/mol. The van der Waals surface area contributed by atoms with Gasteiger partial charge in [-0.3, -0.25) is 9.59 Å². The van der Waals surface area contributed by atoms with Crippen molar-refractivity contribution < 1.29 is 9.59 Å². The number of aromatic amines is 1. The first-order valence-electron chi connectivity index (χ1n) is 6.72. The van der Waals surface area contributed by atoms with Crippen LogP contribution in [0.1, 0.15) is 43.1 Å². The number of H-pyrrole nitrogens is 1. The Morgan fingerprint density at radius 3 is 3.05 bits per heavy atom. The molecule has 1 atom stereocenters. The first-order chi connectivity index (χ1) is 9.18. The summed E-state index contributed by atoms with van der Waals surface area (Å²) in [6.45, 7) is 2.91. The number of nitrogens with one attached hydrogen (secondary N) is 2. The summed E-state index contributed by atoms with van der Waals surface area (Å²) in [5.74, 6) is -0.0210. The number of piperidine rings is 1. The first kappa shape index (κ1) is 13.6. The number of amides is 2. The second-order valence-electron chi connectivity index (χ2n) is 4.89. The monoisotopic (exact) mass is 264 g/mol. The van der Waals surface area contributed by atoms with E-state index in [9.17, 15) is 9.59 Å². The van der Waals surface area contributed by atoms with Gasteiger partial charge >= 0.3 is 0 Å². The molecule has 6 nitrogen and oxygen atoms in total. The molecular formula is C13H20N4O2. The first-order valence-corrected chi connectivity index (χ1v) is 6.72. The van der Waals surface area contributed by atoms with Crippen LogP contribution in [-0.2, 0) is 4.79 Å². The Kier molecular flexibility index (Phi) is 4.54. The third-order valence-electron chi connectivity index (χ3n) is 3.47. The second-order valence-corrected chi connectivity index (χ2v) is 4.89. The van der Waals surface area contributed by atoms with Crippen LogP contribution in [0.15, 0.2) is 12.5 Å². The smallest absolute Gasteiger partial charge is 0.272 e. The van der Waals surface area contributed by atoms with E-state index in [-0.39, 0.29) is 17.9 Å². The molecule has 0 saturated carbocycles. The van der Waals surface area contributed by atoms with Crippen molar-refractivity contribution in [3.05, 3.63) is 18.2 Å². The molecule has 1 aliphatic rings. The Hall–Kier alpha value is -1.85. The third-order valence-corrected chi connectivity index (χ3v) is 3.47. The van der Waals surface area contributed by atoms with Gasteiger partial charge in [0.2, 0.25) is 5.91 Å². The minimum absolute atomic E-state index is 0.00465. The maximum Gasteiger partial charge on any atom is 0.272 e. The fraction of sp³-hybridized carbons (Fsp3) is 0.615. The van der Waals surface area contributed by atoms with Gasteiger partial charge in [0.25, 0.3) is 5.91 Å². The molecule has 0 radical (unpaired) electrons. The Morgan fingerprint density at radius 1 is 1.53 bits per heavy atom. The lowest BCUT2D eigenvalue weighted by atomic mass is 9.99. The van der Waals surface area contributed by atoms with E-state index in [1.165, 1.54) is 13.3 Å². The summed E-state index contributed by atoms with van der Waals surface area (Å²) in [6.07, 6.45) is 7.05. The van der Waals surface area contributed by atoms with E-state index in [4.69, 9.17) is 0 Å². The van der Waals surface area contributed by atoms with Crippen molar-refractivity contribution in [2.45, 2.75) is 38.6 Å². The van der Waals surface area contributed by atoms with Gasteiger partial charge in [0.15, 0.2) is 0 Å². The topological polar surface area (TPSA) is 78.1 Å². The van der Waals surface area contributed by atoms with Gasteiger partial charge in [0, 0.05) is 26.1 Å². The number of rotatable bonds is 4. The molecule has 0 aromatic carbocycles. The molecular weight excluding hydrogens is 244 g/mol. The maximum absolute atomic E-state index is 12.3. The molecule has 0 spiro atoms. The molecule has 0 unspecified atom stereocenters. The molecule has 1 saturated heterocycles. The lowest BCUT2D eigenvalue weighted by Gasteiger charge is -2.35. The van der Waals surface area contributed by atoms with Crippen molar-refractivity contribution >= 4 is 11.8 Å². The predicted octanol–water partition coefficient (Wildman–Crippen LogP) is 0.931. The summed E-state index contributed by atoms with van der Waals surface area (Å²) < 4.78 is 0. The summed E-state index contributed by atoms with van der Waals surface area (Å²) in [7, 11) is 0. The molecule has 2 heterocycles. The van der Waals surface area contributed by atoms with E-state index in [0.717, 1.165) is 32.2 Å². The molecule has 1 aromatic rings. The van der Waals surface area contributed by atoms with E-state index >= 15 is 0 Å². The summed E-state index contributed by atoms with van der Waals surface area (Å²) in [4.78, 5) is 31.9. The van der Waals surface area contributed by atoms with Crippen LogP contribution in [0.2, 0.25) is 0 Å². The third kappa shape index (κ3) is 3.56. The highest BCUT2D eigenvalue weighted by molar-refractivity contribution is 5.92. The summed E-state index contributed by atoms with van der Waals surface area (Å²) >= 11 is 0. The van der Waals surface area contributed by atoms with Crippen molar-refractivity contribution in [2.75, 3.05) is 13.1 Å². The Morgan fingerprint density at radius 2 is 2.37 bits per heavy atom. The minimum Gasteiger partial charge on any atom is -0.356 e. The summed E-state index contributed by atoms with van der Waals surface area (Å²) in [6, 6.07) is 0.205. The number of carbonyl (C=O) groups is 2. The lowest BCUT2D eigenvalue weighted by Crippen LogP contribution is -2.45. The summed E-state index contributed by atoms with van der Waals surface area (Å²) in [5, 5.41) is 2.79. The minimum atomic E-state index is -0.0257. The Labute approximate surface area is 112 Å². The maximum atomic E-state index is 12.3. The average molecular weight is 264 g/mol. The van der Waals surface area contributed by atoms with Crippen LogP contribution < -0.4 is 5.32 Å². The van der Waals surface area contributed by atoms with Crippen molar-refractivity contribution in [1.29, 1.82) is 0 Å². The summed E-state index contributed by atoms with van der Waals surface area (Å²) in [5.41, 5.74) is 0.534. The van der Waals surface area contributed by atoms with Gasteiger partial charge in [-0.15, -0.1) is 0 Å². The van der Waals surface area contributed by atoms with Crippen molar-refractivity contribution in [3.8, 4) is 0 Å². The largest absolute Gasteiger partial charge is 0.356 e. The van der Waals surface area contributed by atoms with Gasteiger partial charge in [0.05, 0.1) is 12.5 Å². The fourth-order valence-corrected chi connectivity index (χ4v) is 2.51. The Bertz CT molecular complexity index is 430. The number of hydrogen-bond donors (Lipinski definition) is 2. The van der Waals surface area contributed by atoms with E-state index in [2.05, 4.69) is 15.3 Å². The van der Waals surface area contributed by atoms with Crippen molar-refractivity contribution in [2.24, 2.45) is 0 Å². The van der Waals surface area contributed by atoms with Gasteiger partial charge < -0.3 is 15.2 Å². The quantitative estimate of drug-likeness (QED) is 0.849. The molecule has 0 bridgehead atoms. The van der Waals surface area contributed by atoms with E-state index in [1.807, 2.05) is 4.90 Å². The fourth-order valence-electron chi connectivity index (χ4n) is 2.51. The van der Waals surface area contributed by atoms with Gasteiger partial charge in [-0.2, -0.15) is 0 Å². The van der Waals surface area contributed by atoms with Crippen LogP contribution in [-0.4, -0.2) is 45.8 Å². The van der Waals surface area contributed by atoms with E-state index < -0.39 is 0 Å². The normalized spacial score (nSPS) is 19.2. The lowest BCUT2D eigenvalue weighted by molar-refractivity contribution is -0.119. The van der Waals surface area contributed by atoms with E-state index in [0.29, 0.717) is 12.2 Å². The molecule has 2 rings (SSSR count). The van der Waals surface area contributed by atoms with Crippen LogP contribution in [0, 0.1) is 0 Å². The van der Waals surface area contributed by atoms with Crippen LogP contribution in [0.5, 0.6) is 0 Å². The van der Waals surface area contributed by atoms with E-state index in [1.54, 1.807) is 6.20 Å². The number of likely N-dealkylation sites (tertiary alicyclic amines) is 1. The molecule has 2 N–H and O–H groups in total. The number of carbonyl (C=O) groups excluding carboxylic acids is 2. The molecule has 6 heteroatoms. The number of hydrogen-bond acceptors (Lipinski definition) is 3. The van der Waals surface area contributed by atoms with Gasteiger partial charge in [-0.25, -0.2) is 4.98 Å². The SMILES string of the molecule is CC(=O)NCC[C@@H]1CCCCN1C(=O)c1cnc[nH]1.